The molecule has 9 heavy (non-hydrogen) atoms. The summed E-state index contributed by atoms with van der Waals surface area (Å²) >= 11 is 0. The van der Waals surface area contributed by atoms with E-state index in [1.807, 2.05) is 4.90 Å². The van der Waals surface area contributed by atoms with E-state index >= 15 is 0 Å². The van der Waals surface area contributed by atoms with E-state index in [2.05, 4.69) is 7.05 Å². The molecule has 1 saturated heterocycles. The van der Waals surface area contributed by atoms with Crippen LogP contribution in [0, 0.1) is 13.0 Å². The quantitative estimate of drug-likeness (QED) is 0.555. The molecule has 53 valence electrons. The van der Waals surface area contributed by atoms with Crippen LogP contribution in [0.2, 0.25) is 0 Å². The average molecular weight is 128 g/mol. The van der Waals surface area contributed by atoms with Crippen LogP contribution in [0.5, 0.6) is 0 Å². The number of hydrogen-bond donors (Lipinski definition) is 1. The standard InChI is InChI=1S/C7H14NO/c1-8-4-2-3-7(5-8)6-9/h7,9H,1-6H2. The van der Waals surface area contributed by atoms with Crippen LogP contribution in [0.3, 0.4) is 0 Å². The summed E-state index contributed by atoms with van der Waals surface area (Å²) in [5.74, 6) is 0.483. The van der Waals surface area contributed by atoms with E-state index in [1.54, 1.807) is 0 Å². The molecule has 0 aromatic carbocycles. The minimum absolute atomic E-state index is 0.325. The van der Waals surface area contributed by atoms with Gasteiger partial charge in [-0.25, -0.2) is 0 Å². The number of aliphatic hydroxyl groups is 1. The van der Waals surface area contributed by atoms with Crippen molar-refractivity contribution in [2.45, 2.75) is 12.8 Å². The van der Waals surface area contributed by atoms with Gasteiger partial charge in [0.1, 0.15) is 0 Å². The molecule has 0 amide bonds. The van der Waals surface area contributed by atoms with Crippen LogP contribution >= 0.6 is 0 Å². The smallest absolute Gasteiger partial charge is 0.0471 e. The van der Waals surface area contributed by atoms with E-state index in [-0.39, 0.29) is 0 Å². The van der Waals surface area contributed by atoms with Crippen molar-refractivity contribution in [2.24, 2.45) is 5.92 Å². The highest BCUT2D eigenvalue weighted by atomic mass is 16.3. The van der Waals surface area contributed by atoms with E-state index in [0.29, 0.717) is 12.5 Å². The van der Waals surface area contributed by atoms with Crippen molar-refractivity contribution in [1.29, 1.82) is 0 Å². The predicted octanol–water partition coefficient (Wildman–Crippen LogP) is 0.482. The van der Waals surface area contributed by atoms with Crippen molar-refractivity contribution in [3.63, 3.8) is 0 Å². The maximum Gasteiger partial charge on any atom is 0.0471 e. The second kappa shape index (κ2) is 3.18. The van der Waals surface area contributed by atoms with Gasteiger partial charge in [0, 0.05) is 20.2 Å². The summed E-state index contributed by atoms with van der Waals surface area (Å²) in [5, 5.41) is 8.75. The van der Waals surface area contributed by atoms with E-state index < -0.39 is 0 Å². The van der Waals surface area contributed by atoms with Crippen molar-refractivity contribution in [3.05, 3.63) is 7.05 Å². The zero-order chi connectivity index (χ0) is 6.69. The van der Waals surface area contributed by atoms with Gasteiger partial charge in [0.2, 0.25) is 0 Å². The number of nitrogens with zero attached hydrogens (tertiary/aromatic N) is 1. The third kappa shape index (κ3) is 1.95. The van der Waals surface area contributed by atoms with Gasteiger partial charge in [-0.15, -0.1) is 0 Å². The lowest BCUT2D eigenvalue weighted by Crippen LogP contribution is -2.32. The topological polar surface area (TPSA) is 23.5 Å². The Morgan fingerprint density at radius 1 is 1.67 bits per heavy atom. The van der Waals surface area contributed by atoms with Crippen LogP contribution in [-0.4, -0.2) is 29.7 Å². The Labute approximate surface area is 56.5 Å². The molecule has 1 N–H and O–H groups in total. The largest absolute Gasteiger partial charge is 0.396 e. The Morgan fingerprint density at radius 3 is 2.89 bits per heavy atom. The number of likely N-dealkylation sites (tertiary alicyclic amines) is 1. The molecular weight excluding hydrogens is 114 g/mol. The molecule has 1 rings (SSSR count). The highest BCUT2D eigenvalue weighted by Gasteiger charge is 2.15. The normalized spacial score (nSPS) is 30.7. The van der Waals surface area contributed by atoms with Crippen LogP contribution in [0.4, 0.5) is 0 Å². The Bertz CT molecular complexity index is 85.0. The maximum absolute atomic E-state index is 8.75. The fraction of sp³-hybridized carbons (Fsp3) is 0.857. The van der Waals surface area contributed by atoms with Crippen molar-refractivity contribution < 1.29 is 5.11 Å². The summed E-state index contributed by atoms with van der Waals surface area (Å²) in [7, 11) is 3.82. The molecule has 0 aromatic rings. The van der Waals surface area contributed by atoms with E-state index in [4.69, 9.17) is 5.11 Å². The molecule has 2 nitrogen and oxygen atoms in total. The fourth-order valence-electron chi connectivity index (χ4n) is 1.30. The van der Waals surface area contributed by atoms with Crippen molar-refractivity contribution in [2.75, 3.05) is 19.7 Å². The van der Waals surface area contributed by atoms with E-state index in [9.17, 15) is 0 Å². The number of hydrogen-bond acceptors (Lipinski definition) is 2. The van der Waals surface area contributed by atoms with Crippen LogP contribution in [0.1, 0.15) is 12.8 Å². The van der Waals surface area contributed by atoms with Crippen molar-refractivity contribution >= 4 is 0 Å². The molecule has 1 aliphatic rings. The Balaban J connectivity index is 2.23. The molecule has 1 atom stereocenters. The zero-order valence-electron chi connectivity index (χ0n) is 5.71. The summed E-state index contributed by atoms with van der Waals surface area (Å²) < 4.78 is 0. The predicted molar refractivity (Wildman–Crippen MR) is 36.7 cm³/mol. The molecule has 0 aromatic heterocycles. The molecule has 0 bridgehead atoms. The molecule has 0 spiro atoms. The highest BCUT2D eigenvalue weighted by molar-refractivity contribution is 4.70. The van der Waals surface area contributed by atoms with Crippen LogP contribution in [-0.2, 0) is 0 Å². The molecular formula is C7H14NO. The van der Waals surface area contributed by atoms with Gasteiger partial charge in [0.15, 0.2) is 0 Å². The van der Waals surface area contributed by atoms with Crippen LogP contribution in [0.15, 0.2) is 0 Å². The first-order valence-electron chi connectivity index (χ1n) is 3.49. The van der Waals surface area contributed by atoms with E-state index in [0.717, 1.165) is 13.1 Å². The molecule has 1 unspecified atom stereocenters. The van der Waals surface area contributed by atoms with Gasteiger partial charge in [-0.3, -0.25) is 0 Å². The summed E-state index contributed by atoms with van der Waals surface area (Å²) in [6.45, 7) is 2.39. The molecule has 0 saturated carbocycles. The first kappa shape index (κ1) is 7.03. The summed E-state index contributed by atoms with van der Waals surface area (Å²) in [4.78, 5) is 2.03. The summed E-state index contributed by atoms with van der Waals surface area (Å²) in [5.41, 5.74) is 0. The Kier molecular flexibility index (Phi) is 2.49. The zero-order valence-corrected chi connectivity index (χ0v) is 5.71. The molecule has 2 heteroatoms. The van der Waals surface area contributed by atoms with Crippen molar-refractivity contribution in [1.82, 2.24) is 4.90 Å². The maximum atomic E-state index is 8.75. The summed E-state index contributed by atoms with van der Waals surface area (Å²) in [6, 6.07) is 0. The van der Waals surface area contributed by atoms with Gasteiger partial charge in [-0.2, -0.15) is 0 Å². The lowest BCUT2D eigenvalue weighted by atomic mass is 10.00. The molecule has 1 fully saturated rings. The van der Waals surface area contributed by atoms with E-state index in [1.165, 1.54) is 12.8 Å². The van der Waals surface area contributed by atoms with Crippen LogP contribution in [0.25, 0.3) is 0 Å². The first-order chi connectivity index (χ1) is 4.33. The number of aliphatic hydroxyl groups excluding tert-OH is 1. The fourth-order valence-corrected chi connectivity index (χ4v) is 1.30. The second-order valence-corrected chi connectivity index (χ2v) is 2.77. The number of rotatable bonds is 1. The Hall–Kier alpha value is -0.0800. The third-order valence-electron chi connectivity index (χ3n) is 1.86. The second-order valence-electron chi connectivity index (χ2n) is 2.77. The number of piperidine rings is 1. The van der Waals surface area contributed by atoms with Crippen molar-refractivity contribution in [3.8, 4) is 0 Å². The highest BCUT2D eigenvalue weighted by Crippen LogP contribution is 2.13. The average Bonchev–Trinajstić information content (AvgIpc) is 1.88. The molecule has 0 aliphatic carbocycles. The van der Waals surface area contributed by atoms with Gasteiger partial charge in [-0.05, 0) is 25.3 Å². The van der Waals surface area contributed by atoms with Gasteiger partial charge in [-0.1, -0.05) is 0 Å². The third-order valence-corrected chi connectivity index (χ3v) is 1.86. The minimum atomic E-state index is 0.325. The lowest BCUT2D eigenvalue weighted by molar-refractivity contribution is 0.148. The van der Waals surface area contributed by atoms with Crippen LogP contribution < -0.4 is 0 Å². The monoisotopic (exact) mass is 128 g/mol. The molecule has 1 aliphatic heterocycles. The minimum Gasteiger partial charge on any atom is -0.396 e. The van der Waals surface area contributed by atoms with Gasteiger partial charge in [0.05, 0.1) is 0 Å². The molecule has 1 radical (unpaired) electrons. The Morgan fingerprint density at radius 2 is 2.44 bits per heavy atom. The van der Waals surface area contributed by atoms with Gasteiger partial charge >= 0.3 is 0 Å². The molecule has 1 heterocycles. The first-order valence-corrected chi connectivity index (χ1v) is 3.49. The lowest BCUT2D eigenvalue weighted by Gasteiger charge is -2.27. The summed E-state index contributed by atoms with van der Waals surface area (Å²) in [6.07, 6.45) is 2.36. The van der Waals surface area contributed by atoms with Gasteiger partial charge in [0.25, 0.3) is 0 Å². The van der Waals surface area contributed by atoms with Gasteiger partial charge < -0.3 is 10.0 Å². The SMILES string of the molecule is [CH2]N1CCCC(CO)C1.